The zero-order chi connectivity index (χ0) is 9.97. The Morgan fingerprint density at radius 2 is 2.29 bits per heavy atom. The van der Waals surface area contributed by atoms with E-state index >= 15 is 0 Å². The van der Waals surface area contributed by atoms with E-state index in [-0.39, 0.29) is 0 Å². The molecule has 0 atom stereocenters. The van der Waals surface area contributed by atoms with Gasteiger partial charge in [0.15, 0.2) is 0 Å². The normalized spacial score (nSPS) is 14.0. The fourth-order valence-corrected chi connectivity index (χ4v) is 1.71. The van der Waals surface area contributed by atoms with Crippen molar-refractivity contribution in [1.29, 1.82) is 0 Å². The summed E-state index contributed by atoms with van der Waals surface area (Å²) >= 11 is 0. The van der Waals surface area contributed by atoms with Crippen LogP contribution in [-0.2, 0) is 0 Å². The Bertz CT molecular complexity index is 357. The molecule has 0 unspecified atom stereocenters. The number of nitrogens with zero attached hydrogens (tertiary/aromatic N) is 1. The molecule has 2 heteroatoms. The fourth-order valence-electron chi connectivity index (χ4n) is 1.71. The Balaban J connectivity index is 2.35. The van der Waals surface area contributed by atoms with Crippen LogP contribution in [-0.4, -0.2) is 20.2 Å². The molecule has 14 heavy (non-hydrogen) atoms. The maximum absolute atomic E-state index is 5.45. The lowest BCUT2D eigenvalue weighted by Crippen LogP contribution is -2.20. The molecular formula is C12H15NO. The largest absolute Gasteiger partial charge is 0.494 e. The Morgan fingerprint density at radius 3 is 3.07 bits per heavy atom. The molecule has 1 aliphatic heterocycles. The summed E-state index contributed by atoms with van der Waals surface area (Å²) in [4.78, 5) is 2.23. The van der Waals surface area contributed by atoms with Gasteiger partial charge in [-0.05, 0) is 25.1 Å². The summed E-state index contributed by atoms with van der Waals surface area (Å²) in [5, 5.41) is 0. The SMILES string of the molecule is CCOc1ccc2c(c1)C=CCN2C. The zero-order valence-electron chi connectivity index (χ0n) is 8.66. The van der Waals surface area contributed by atoms with Crippen molar-refractivity contribution in [2.24, 2.45) is 0 Å². The topological polar surface area (TPSA) is 12.5 Å². The third-order valence-electron chi connectivity index (χ3n) is 2.40. The molecule has 0 saturated heterocycles. The van der Waals surface area contributed by atoms with Crippen molar-refractivity contribution < 1.29 is 4.74 Å². The number of hydrogen-bond donors (Lipinski definition) is 0. The monoisotopic (exact) mass is 189 g/mol. The molecule has 0 spiro atoms. The Hall–Kier alpha value is -1.44. The van der Waals surface area contributed by atoms with E-state index in [1.807, 2.05) is 13.0 Å². The highest BCUT2D eigenvalue weighted by Crippen LogP contribution is 2.28. The van der Waals surface area contributed by atoms with Crippen LogP contribution in [0.15, 0.2) is 24.3 Å². The molecule has 1 aromatic rings. The van der Waals surface area contributed by atoms with E-state index in [1.165, 1.54) is 11.3 Å². The number of anilines is 1. The molecule has 0 N–H and O–H groups in total. The predicted octanol–water partition coefficient (Wildman–Crippen LogP) is 2.55. The lowest BCUT2D eigenvalue weighted by Gasteiger charge is -2.23. The van der Waals surface area contributed by atoms with Gasteiger partial charge in [0.2, 0.25) is 0 Å². The molecule has 1 heterocycles. The lowest BCUT2D eigenvalue weighted by molar-refractivity contribution is 0.340. The van der Waals surface area contributed by atoms with Gasteiger partial charge in [-0.25, -0.2) is 0 Å². The second-order valence-corrected chi connectivity index (χ2v) is 3.44. The Kier molecular flexibility index (Phi) is 2.44. The predicted molar refractivity (Wildman–Crippen MR) is 59.9 cm³/mol. The number of rotatable bonds is 2. The molecule has 1 aromatic carbocycles. The zero-order valence-corrected chi connectivity index (χ0v) is 8.66. The van der Waals surface area contributed by atoms with Crippen molar-refractivity contribution in [3.8, 4) is 5.75 Å². The standard InChI is InChI=1S/C12H15NO/c1-3-14-11-6-7-12-10(9-11)5-4-8-13(12)2/h4-7,9H,3,8H2,1-2H3. The molecule has 0 saturated carbocycles. The average Bonchev–Trinajstić information content (AvgIpc) is 2.18. The second-order valence-electron chi connectivity index (χ2n) is 3.44. The molecule has 0 aromatic heterocycles. The van der Waals surface area contributed by atoms with E-state index in [0.29, 0.717) is 0 Å². The van der Waals surface area contributed by atoms with Gasteiger partial charge in [-0.1, -0.05) is 12.2 Å². The summed E-state index contributed by atoms with van der Waals surface area (Å²) in [6.07, 6.45) is 4.32. The first-order chi connectivity index (χ1) is 6.81. The van der Waals surface area contributed by atoms with Crippen LogP contribution in [0, 0.1) is 0 Å². The second kappa shape index (κ2) is 3.74. The van der Waals surface area contributed by atoms with E-state index in [4.69, 9.17) is 4.74 Å². The lowest BCUT2D eigenvalue weighted by atomic mass is 10.1. The third kappa shape index (κ3) is 1.60. The number of hydrogen-bond acceptors (Lipinski definition) is 2. The van der Waals surface area contributed by atoms with E-state index < -0.39 is 0 Å². The van der Waals surface area contributed by atoms with Gasteiger partial charge in [0, 0.05) is 24.8 Å². The van der Waals surface area contributed by atoms with Gasteiger partial charge in [0.1, 0.15) is 5.75 Å². The first kappa shape index (κ1) is 9.13. The first-order valence-corrected chi connectivity index (χ1v) is 4.96. The van der Waals surface area contributed by atoms with Gasteiger partial charge < -0.3 is 9.64 Å². The highest BCUT2D eigenvalue weighted by Gasteiger charge is 2.09. The molecule has 0 aliphatic carbocycles. The molecule has 74 valence electrons. The van der Waals surface area contributed by atoms with Gasteiger partial charge in [0.25, 0.3) is 0 Å². The summed E-state index contributed by atoms with van der Waals surface area (Å²) < 4.78 is 5.45. The number of ether oxygens (including phenoxy) is 1. The summed E-state index contributed by atoms with van der Waals surface area (Å²) in [6, 6.07) is 6.23. The van der Waals surface area contributed by atoms with Crippen molar-refractivity contribution in [1.82, 2.24) is 0 Å². The van der Waals surface area contributed by atoms with Crippen molar-refractivity contribution in [3.63, 3.8) is 0 Å². The van der Waals surface area contributed by atoms with Crippen LogP contribution in [0.1, 0.15) is 12.5 Å². The van der Waals surface area contributed by atoms with Crippen molar-refractivity contribution in [2.45, 2.75) is 6.92 Å². The van der Waals surface area contributed by atoms with Crippen molar-refractivity contribution >= 4 is 11.8 Å². The molecule has 0 amide bonds. The Labute approximate surface area is 84.8 Å². The van der Waals surface area contributed by atoms with Gasteiger partial charge in [-0.3, -0.25) is 0 Å². The molecule has 0 bridgehead atoms. The minimum atomic E-state index is 0.721. The summed E-state index contributed by atoms with van der Waals surface area (Å²) in [5.41, 5.74) is 2.51. The quantitative estimate of drug-likeness (QED) is 0.709. The Morgan fingerprint density at radius 1 is 1.43 bits per heavy atom. The van der Waals surface area contributed by atoms with Crippen LogP contribution in [0.2, 0.25) is 0 Å². The summed E-state index contributed by atoms with van der Waals surface area (Å²) in [7, 11) is 2.10. The summed E-state index contributed by atoms with van der Waals surface area (Å²) in [5.74, 6) is 0.950. The van der Waals surface area contributed by atoms with Crippen LogP contribution in [0.3, 0.4) is 0 Å². The minimum absolute atomic E-state index is 0.721. The third-order valence-corrected chi connectivity index (χ3v) is 2.40. The maximum atomic E-state index is 5.45. The van der Waals surface area contributed by atoms with Crippen LogP contribution >= 0.6 is 0 Å². The highest BCUT2D eigenvalue weighted by molar-refractivity contribution is 5.72. The van der Waals surface area contributed by atoms with Crippen LogP contribution < -0.4 is 9.64 Å². The number of fused-ring (bicyclic) bond motifs is 1. The van der Waals surface area contributed by atoms with Crippen LogP contribution in [0.4, 0.5) is 5.69 Å². The minimum Gasteiger partial charge on any atom is -0.494 e. The maximum Gasteiger partial charge on any atom is 0.120 e. The summed E-state index contributed by atoms with van der Waals surface area (Å²) in [6.45, 7) is 3.71. The first-order valence-electron chi connectivity index (χ1n) is 4.96. The molecule has 2 nitrogen and oxygen atoms in total. The van der Waals surface area contributed by atoms with E-state index in [0.717, 1.165) is 18.9 Å². The van der Waals surface area contributed by atoms with Gasteiger partial charge in [-0.2, -0.15) is 0 Å². The molecule has 2 rings (SSSR count). The molecule has 0 radical (unpaired) electrons. The average molecular weight is 189 g/mol. The van der Waals surface area contributed by atoms with Gasteiger partial charge in [0.05, 0.1) is 6.61 Å². The van der Waals surface area contributed by atoms with E-state index in [2.05, 4.69) is 36.2 Å². The van der Waals surface area contributed by atoms with Gasteiger partial charge in [-0.15, -0.1) is 0 Å². The fraction of sp³-hybridized carbons (Fsp3) is 0.333. The number of benzene rings is 1. The number of likely N-dealkylation sites (N-methyl/N-ethyl adjacent to an activating group) is 1. The van der Waals surface area contributed by atoms with Gasteiger partial charge >= 0.3 is 0 Å². The molecular weight excluding hydrogens is 174 g/mol. The van der Waals surface area contributed by atoms with E-state index in [9.17, 15) is 0 Å². The molecule has 0 fully saturated rings. The van der Waals surface area contributed by atoms with Crippen molar-refractivity contribution in [3.05, 3.63) is 29.8 Å². The van der Waals surface area contributed by atoms with Crippen LogP contribution in [0.25, 0.3) is 6.08 Å². The van der Waals surface area contributed by atoms with Crippen molar-refractivity contribution in [2.75, 3.05) is 25.1 Å². The molecule has 1 aliphatic rings. The smallest absolute Gasteiger partial charge is 0.120 e. The highest BCUT2D eigenvalue weighted by atomic mass is 16.5. The van der Waals surface area contributed by atoms with E-state index in [1.54, 1.807) is 0 Å². The van der Waals surface area contributed by atoms with Crippen LogP contribution in [0.5, 0.6) is 5.75 Å².